The fourth-order valence-electron chi connectivity index (χ4n) is 2.52. The van der Waals surface area contributed by atoms with Gasteiger partial charge in [0.2, 0.25) is 0 Å². The van der Waals surface area contributed by atoms with Crippen LogP contribution in [0.15, 0.2) is 0 Å². The molecule has 0 saturated heterocycles. The molecule has 0 aromatic heterocycles. The van der Waals surface area contributed by atoms with Crippen LogP contribution in [0.1, 0.15) is 80.1 Å². The molecular formula is C16H34O2. The molecule has 0 aromatic carbocycles. The summed E-state index contributed by atoms with van der Waals surface area (Å²) in [6.07, 6.45) is 6.60. The lowest BCUT2D eigenvalue weighted by Crippen LogP contribution is -2.35. The Hall–Kier alpha value is -0.0800. The highest BCUT2D eigenvalue weighted by atomic mass is 16.5. The first kappa shape index (κ1) is 17.9. The van der Waals surface area contributed by atoms with Crippen molar-refractivity contribution in [2.24, 2.45) is 0 Å². The largest absolute Gasteiger partial charge is 0.375 e. The first-order valence-corrected chi connectivity index (χ1v) is 7.79. The zero-order valence-electron chi connectivity index (χ0n) is 13.5. The minimum absolute atomic E-state index is 0.0197. The fourth-order valence-corrected chi connectivity index (χ4v) is 2.52. The quantitative estimate of drug-likeness (QED) is 0.521. The van der Waals surface area contributed by atoms with Gasteiger partial charge in [-0.3, -0.25) is 0 Å². The topological polar surface area (TPSA) is 18.5 Å². The molecule has 0 aromatic rings. The molecule has 0 aliphatic carbocycles. The molecule has 0 unspecified atom stereocenters. The summed E-state index contributed by atoms with van der Waals surface area (Å²) in [5.41, 5.74) is 0.0732. The zero-order chi connectivity index (χ0) is 14.1. The van der Waals surface area contributed by atoms with Crippen LogP contribution in [0.3, 0.4) is 0 Å². The fraction of sp³-hybridized carbons (Fsp3) is 1.00. The molecule has 0 aliphatic heterocycles. The van der Waals surface area contributed by atoms with Crippen molar-refractivity contribution in [1.29, 1.82) is 0 Å². The molecule has 2 nitrogen and oxygen atoms in total. The van der Waals surface area contributed by atoms with E-state index in [1.54, 1.807) is 0 Å². The summed E-state index contributed by atoms with van der Waals surface area (Å²) in [5.74, 6) is 0. The number of rotatable bonds is 11. The second kappa shape index (κ2) is 8.92. The maximum Gasteiger partial charge on any atom is 0.0677 e. The maximum absolute atomic E-state index is 6.23. The van der Waals surface area contributed by atoms with Crippen LogP contribution in [0.2, 0.25) is 0 Å². The van der Waals surface area contributed by atoms with E-state index in [4.69, 9.17) is 9.47 Å². The van der Waals surface area contributed by atoms with Gasteiger partial charge in [-0.15, -0.1) is 0 Å². The molecule has 0 N–H and O–H groups in total. The molecule has 0 amide bonds. The third-order valence-corrected chi connectivity index (χ3v) is 4.27. The van der Waals surface area contributed by atoms with E-state index in [0.717, 1.165) is 45.3 Å². The van der Waals surface area contributed by atoms with Gasteiger partial charge in [0.1, 0.15) is 0 Å². The second-order valence-electron chi connectivity index (χ2n) is 5.48. The van der Waals surface area contributed by atoms with E-state index in [2.05, 4.69) is 41.5 Å². The Balaban J connectivity index is 4.27. The van der Waals surface area contributed by atoms with E-state index < -0.39 is 0 Å². The van der Waals surface area contributed by atoms with Gasteiger partial charge in [-0.05, 0) is 46.0 Å². The Morgan fingerprint density at radius 2 is 1.39 bits per heavy atom. The van der Waals surface area contributed by atoms with Crippen molar-refractivity contribution in [1.82, 2.24) is 0 Å². The highest BCUT2D eigenvalue weighted by Crippen LogP contribution is 2.28. The summed E-state index contributed by atoms with van der Waals surface area (Å²) >= 11 is 0. The number of ether oxygens (including phenoxy) is 2. The normalized spacial score (nSPS) is 15.7. The number of hydrogen-bond acceptors (Lipinski definition) is 2. The van der Waals surface area contributed by atoms with Gasteiger partial charge in [0, 0.05) is 6.61 Å². The molecule has 0 fully saturated rings. The average molecular weight is 258 g/mol. The molecule has 2 heteroatoms. The van der Waals surface area contributed by atoms with Gasteiger partial charge in [0.25, 0.3) is 0 Å². The molecule has 0 rings (SSSR count). The van der Waals surface area contributed by atoms with Gasteiger partial charge >= 0.3 is 0 Å². The van der Waals surface area contributed by atoms with Crippen LogP contribution in [-0.2, 0) is 9.47 Å². The minimum atomic E-state index is -0.0197. The van der Waals surface area contributed by atoms with Crippen LogP contribution < -0.4 is 0 Å². The summed E-state index contributed by atoms with van der Waals surface area (Å²) in [6, 6.07) is 0. The van der Waals surface area contributed by atoms with Crippen molar-refractivity contribution in [3.8, 4) is 0 Å². The van der Waals surface area contributed by atoms with Gasteiger partial charge in [0.05, 0.1) is 17.8 Å². The third kappa shape index (κ3) is 5.71. The van der Waals surface area contributed by atoms with Crippen molar-refractivity contribution in [3.05, 3.63) is 0 Å². The molecule has 0 aliphatic rings. The average Bonchev–Trinajstić information content (AvgIpc) is 2.38. The monoisotopic (exact) mass is 258 g/mol. The van der Waals surface area contributed by atoms with Gasteiger partial charge in [0.15, 0.2) is 0 Å². The Labute approximate surface area is 114 Å². The minimum Gasteiger partial charge on any atom is -0.375 e. The summed E-state index contributed by atoms with van der Waals surface area (Å²) in [6.45, 7) is 14.8. The van der Waals surface area contributed by atoms with E-state index in [0.29, 0.717) is 0 Å². The molecule has 0 spiro atoms. The lowest BCUT2D eigenvalue weighted by atomic mass is 9.91. The predicted octanol–water partition coefficient (Wildman–Crippen LogP) is 4.96. The van der Waals surface area contributed by atoms with E-state index in [-0.39, 0.29) is 11.2 Å². The first-order chi connectivity index (χ1) is 8.51. The SMILES string of the molecule is CCCC(CC)(CC)OCC[C@@](C)(CC)OCC. The lowest BCUT2D eigenvalue weighted by Gasteiger charge is -2.34. The molecule has 18 heavy (non-hydrogen) atoms. The van der Waals surface area contributed by atoms with E-state index >= 15 is 0 Å². The molecule has 0 bridgehead atoms. The molecule has 110 valence electrons. The van der Waals surface area contributed by atoms with E-state index in [1.165, 1.54) is 6.42 Å². The lowest BCUT2D eigenvalue weighted by molar-refractivity contribution is -0.0963. The Morgan fingerprint density at radius 1 is 0.778 bits per heavy atom. The molecule has 1 atom stereocenters. The van der Waals surface area contributed by atoms with Gasteiger partial charge < -0.3 is 9.47 Å². The van der Waals surface area contributed by atoms with Crippen LogP contribution in [0, 0.1) is 0 Å². The van der Waals surface area contributed by atoms with Crippen molar-refractivity contribution in [2.45, 2.75) is 91.3 Å². The molecule has 0 radical (unpaired) electrons. The summed E-state index contributed by atoms with van der Waals surface area (Å²) in [5, 5.41) is 0. The van der Waals surface area contributed by atoms with Crippen LogP contribution in [0.25, 0.3) is 0 Å². The standard InChI is InChI=1S/C16H34O2/c1-7-12-16(9-3,10-4)18-14-13-15(6,8-2)17-11-5/h7-14H2,1-6H3/t15-/m1/s1. The molecule has 0 heterocycles. The predicted molar refractivity (Wildman–Crippen MR) is 79.1 cm³/mol. The Kier molecular flexibility index (Phi) is 8.89. The van der Waals surface area contributed by atoms with Crippen LogP contribution >= 0.6 is 0 Å². The van der Waals surface area contributed by atoms with Crippen molar-refractivity contribution in [3.63, 3.8) is 0 Å². The highest BCUT2D eigenvalue weighted by molar-refractivity contribution is 4.79. The summed E-state index contributed by atoms with van der Waals surface area (Å²) < 4.78 is 12.1. The van der Waals surface area contributed by atoms with Crippen LogP contribution in [-0.4, -0.2) is 24.4 Å². The van der Waals surface area contributed by atoms with Crippen molar-refractivity contribution < 1.29 is 9.47 Å². The van der Waals surface area contributed by atoms with Gasteiger partial charge in [-0.1, -0.05) is 34.1 Å². The van der Waals surface area contributed by atoms with Crippen molar-refractivity contribution in [2.75, 3.05) is 13.2 Å². The van der Waals surface area contributed by atoms with Gasteiger partial charge in [-0.25, -0.2) is 0 Å². The second-order valence-corrected chi connectivity index (χ2v) is 5.48. The molecular weight excluding hydrogens is 224 g/mol. The highest BCUT2D eigenvalue weighted by Gasteiger charge is 2.28. The summed E-state index contributed by atoms with van der Waals surface area (Å²) in [4.78, 5) is 0. The van der Waals surface area contributed by atoms with Crippen molar-refractivity contribution >= 4 is 0 Å². The van der Waals surface area contributed by atoms with E-state index in [1.807, 2.05) is 0 Å². The third-order valence-electron chi connectivity index (χ3n) is 4.27. The van der Waals surface area contributed by atoms with Crippen LogP contribution in [0.5, 0.6) is 0 Å². The first-order valence-electron chi connectivity index (χ1n) is 7.79. The van der Waals surface area contributed by atoms with E-state index in [9.17, 15) is 0 Å². The Bertz CT molecular complexity index is 199. The molecule has 0 saturated carbocycles. The number of hydrogen-bond donors (Lipinski definition) is 0. The maximum atomic E-state index is 6.23. The zero-order valence-corrected chi connectivity index (χ0v) is 13.5. The Morgan fingerprint density at radius 3 is 1.78 bits per heavy atom. The van der Waals surface area contributed by atoms with Crippen LogP contribution in [0.4, 0.5) is 0 Å². The summed E-state index contributed by atoms with van der Waals surface area (Å²) in [7, 11) is 0. The smallest absolute Gasteiger partial charge is 0.0677 e. The van der Waals surface area contributed by atoms with Gasteiger partial charge in [-0.2, -0.15) is 0 Å².